The van der Waals surface area contributed by atoms with Crippen LogP contribution in [-0.4, -0.2) is 15.0 Å². The van der Waals surface area contributed by atoms with Crippen LogP contribution in [0.1, 0.15) is 0 Å². The molecule has 1 aromatic carbocycles. The number of benzene rings is 1. The maximum absolute atomic E-state index is 12.8. The lowest BCUT2D eigenvalue weighted by molar-refractivity contribution is 0.628. The van der Waals surface area contributed by atoms with Gasteiger partial charge in [-0.1, -0.05) is 0 Å². The van der Waals surface area contributed by atoms with Gasteiger partial charge in [-0.15, -0.1) is 0 Å². The monoisotopic (exact) mass is 303 g/mol. The second kappa shape index (κ2) is 4.42. The number of pyridine rings is 1. The van der Waals surface area contributed by atoms with Crippen LogP contribution in [0.5, 0.6) is 0 Å². The quantitative estimate of drug-likeness (QED) is 0.689. The minimum absolute atomic E-state index is 0.269. The second-order valence-corrected chi connectivity index (χ2v) is 4.67. The highest BCUT2D eigenvalue weighted by Gasteiger charge is 2.04. The highest BCUT2D eigenvalue weighted by molar-refractivity contribution is 9.10. The average Bonchev–Trinajstić information content (AvgIpc) is 2.39. The highest BCUT2D eigenvalue weighted by Crippen LogP contribution is 2.20. The van der Waals surface area contributed by atoms with Crippen LogP contribution in [0.3, 0.4) is 0 Å². The molecule has 0 N–H and O–H groups in total. The Labute approximate surface area is 111 Å². The molecule has 0 fully saturated rings. The summed E-state index contributed by atoms with van der Waals surface area (Å²) in [6.45, 7) is 0. The van der Waals surface area contributed by atoms with Crippen molar-refractivity contribution in [2.24, 2.45) is 0 Å². The van der Waals surface area contributed by atoms with E-state index in [1.54, 1.807) is 24.5 Å². The summed E-state index contributed by atoms with van der Waals surface area (Å²) in [5.41, 5.74) is 2.78. The molecule has 0 atom stereocenters. The van der Waals surface area contributed by atoms with Gasteiger partial charge in [0, 0.05) is 16.2 Å². The van der Waals surface area contributed by atoms with Crippen molar-refractivity contribution in [1.29, 1.82) is 0 Å². The van der Waals surface area contributed by atoms with Crippen molar-refractivity contribution in [3.8, 4) is 11.3 Å². The van der Waals surface area contributed by atoms with Crippen LogP contribution >= 0.6 is 15.9 Å². The number of rotatable bonds is 1. The highest BCUT2D eigenvalue weighted by atomic mass is 79.9. The Morgan fingerprint density at radius 3 is 2.56 bits per heavy atom. The Bertz CT molecular complexity index is 713. The van der Waals surface area contributed by atoms with Crippen LogP contribution in [0.4, 0.5) is 4.39 Å². The van der Waals surface area contributed by atoms with E-state index in [-0.39, 0.29) is 5.82 Å². The molecule has 2 aromatic heterocycles. The van der Waals surface area contributed by atoms with Gasteiger partial charge in [-0.25, -0.2) is 14.4 Å². The van der Waals surface area contributed by atoms with Crippen molar-refractivity contribution in [3.63, 3.8) is 0 Å². The summed E-state index contributed by atoms with van der Waals surface area (Å²) in [4.78, 5) is 12.9. The maximum Gasteiger partial charge on any atom is 0.178 e. The zero-order chi connectivity index (χ0) is 12.5. The van der Waals surface area contributed by atoms with Crippen LogP contribution in [0, 0.1) is 5.82 Å². The standard InChI is InChI=1S/C13H7BrFN3/c14-9-5-11-13(17-6-9)18-12(7-16-11)8-1-3-10(15)4-2-8/h1-7H. The zero-order valence-electron chi connectivity index (χ0n) is 9.14. The van der Waals surface area contributed by atoms with Gasteiger partial charge in [0.15, 0.2) is 5.65 Å². The zero-order valence-corrected chi connectivity index (χ0v) is 10.7. The normalized spacial score (nSPS) is 10.8. The first-order valence-corrected chi connectivity index (χ1v) is 6.06. The van der Waals surface area contributed by atoms with Gasteiger partial charge in [0.25, 0.3) is 0 Å². The molecule has 3 rings (SSSR count). The van der Waals surface area contributed by atoms with E-state index in [9.17, 15) is 4.39 Å². The molecule has 0 saturated carbocycles. The summed E-state index contributed by atoms with van der Waals surface area (Å²) in [6, 6.07) is 7.99. The Hall–Kier alpha value is -1.88. The Morgan fingerprint density at radius 1 is 1.00 bits per heavy atom. The van der Waals surface area contributed by atoms with Crippen molar-refractivity contribution in [3.05, 3.63) is 53.0 Å². The van der Waals surface area contributed by atoms with Crippen LogP contribution in [0.2, 0.25) is 0 Å². The maximum atomic E-state index is 12.8. The fourth-order valence-corrected chi connectivity index (χ4v) is 1.96. The van der Waals surface area contributed by atoms with Crippen LogP contribution in [-0.2, 0) is 0 Å². The van der Waals surface area contributed by atoms with Crippen molar-refractivity contribution in [1.82, 2.24) is 15.0 Å². The lowest BCUT2D eigenvalue weighted by Gasteiger charge is -2.02. The van der Waals surface area contributed by atoms with Crippen LogP contribution < -0.4 is 0 Å². The van der Waals surface area contributed by atoms with Gasteiger partial charge in [0.2, 0.25) is 0 Å². The van der Waals surface area contributed by atoms with E-state index in [0.717, 1.165) is 15.6 Å². The summed E-state index contributed by atoms with van der Waals surface area (Å²) in [5.74, 6) is -0.269. The first kappa shape index (κ1) is 11.2. The van der Waals surface area contributed by atoms with Crippen LogP contribution in [0.15, 0.2) is 47.2 Å². The second-order valence-electron chi connectivity index (χ2n) is 3.76. The number of hydrogen-bond acceptors (Lipinski definition) is 3. The van der Waals surface area contributed by atoms with E-state index in [4.69, 9.17) is 0 Å². The van der Waals surface area contributed by atoms with E-state index in [1.165, 1.54) is 12.1 Å². The fraction of sp³-hybridized carbons (Fsp3) is 0. The smallest absolute Gasteiger partial charge is 0.178 e. The van der Waals surface area contributed by atoms with Gasteiger partial charge in [-0.2, -0.15) is 0 Å². The number of nitrogens with zero attached hydrogens (tertiary/aromatic N) is 3. The molecular weight excluding hydrogens is 297 g/mol. The van der Waals surface area contributed by atoms with Gasteiger partial charge in [-0.05, 0) is 46.3 Å². The third-order valence-corrected chi connectivity index (χ3v) is 2.94. The summed E-state index contributed by atoms with van der Waals surface area (Å²) < 4.78 is 13.7. The molecule has 0 aliphatic rings. The summed E-state index contributed by atoms with van der Waals surface area (Å²) in [7, 11) is 0. The third kappa shape index (κ3) is 2.09. The predicted octanol–water partition coefficient (Wildman–Crippen LogP) is 3.59. The number of hydrogen-bond donors (Lipinski definition) is 0. The molecule has 0 unspecified atom stereocenters. The van der Waals surface area contributed by atoms with E-state index in [1.807, 2.05) is 6.07 Å². The number of fused-ring (bicyclic) bond motifs is 1. The average molecular weight is 304 g/mol. The molecule has 3 nitrogen and oxygen atoms in total. The Balaban J connectivity index is 2.13. The topological polar surface area (TPSA) is 38.7 Å². The first-order valence-electron chi connectivity index (χ1n) is 5.26. The van der Waals surface area contributed by atoms with Crippen molar-refractivity contribution < 1.29 is 4.39 Å². The molecule has 2 heterocycles. The molecule has 88 valence electrons. The summed E-state index contributed by atoms with van der Waals surface area (Å²) in [6.07, 6.45) is 3.33. The van der Waals surface area contributed by atoms with E-state index in [2.05, 4.69) is 30.9 Å². The molecule has 18 heavy (non-hydrogen) atoms. The van der Waals surface area contributed by atoms with Crippen molar-refractivity contribution in [2.45, 2.75) is 0 Å². The fourth-order valence-electron chi connectivity index (χ4n) is 1.64. The van der Waals surface area contributed by atoms with E-state index >= 15 is 0 Å². The lowest BCUT2D eigenvalue weighted by atomic mass is 10.1. The molecular formula is C13H7BrFN3. The van der Waals surface area contributed by atoms with Gasteiger partial charge in [0.1, 0.15) is 11.3 Å². The molecule has 5 heteroatoms. The summed E-state index contributed by atoms with van der Waals surface area (Å²) >= 11 is 3.33. The number of aromatic nitrogens is 3. The van der Waals surface area contributed by atoms with Crippen molar-refractivity contribution in [2.75, 3.05) is 0 Å². The molecule has 3 aromatic rings. The minimum Gasteiger partial charge on any atom is -0.251 e. The van der Waals surface area contributed by atoms with Crippen molar-refractivity contribution >= 4 is 27.1 Å². The Morgan fingerprint density at radius 2 is 1.78 bits per heavy atom. The molecule has 0 aliphatic heterocycles. The predicted molar refractivity (Wildman–Crippen MR) is 70.4 cm³/mol. The molecule has 0 aliphatic carbocycles. The van der Waals surface area contributed by atoms with Gasteiger partial charge in [0.05, 0.1) is 11.9 Å². The van der Waals surface area contributed by atoms with Crippen LogP contribution in [0.25, 0.3) is 22.4 Å². The molecule has 0 spiro atoms. The molecule has 0 bridgehead atoms. The summed E-state index contributed by atoms with van der Waals surface area (Å²) in [5, 5.41) is 0. The van der Waals surface area contributed by atoms with Gasteiger partial charge >= 0.3 is 0 Å². The minimum atomic E-state index is -0.269. The van der Waals surface area contributed by atoms with E-state index < -0.39 is 0 Å². The number of halogens is 2. The first-order chi connectivity index (χ1) is 8.72. The molecule has 0 radical (unpaired) electrons. The molecule has 0 amide bonds. The third-order valence-electron chi connectivity index (χ3n) is 2.51. The van der Waals surface area contributed by atoms with Gasteiger partial charge < -0.3 is 0 Å². The SMILES string of the molecule is Fc1ccc(-c2cnc3cc(Br)cnc3n2)cc1. The Kier molecular flexibility index (Phi) is 2.76. The lowest BCUT2D eigenvalue weighted by Crippen LogP contribution is -1.91. The van der Waals surface area contributed by atoms with E-state index in [0.29, 0.717) is 11.3 Å². The van der Waals surface area contributed by atoms with Gasteiger partial charge in [-0.3, -0.25) is 4.98 Å². The molecule has 0 saturated heterocycles. The largest absolute Gasteiger partial charge is 0.251 e.